The van der Waals surface area contributed by atoms with Crippen LogP contribution in [0.1, 0.15) is 11.1 Å². The lowest BCUT2D eigenvalue weighted by Crippen LogP contribution is -2.20. The molecule has 0 aromatic heterocycles. The van der Waals surface area contributed by atoms with Crippen LogP contribution in [0.4, 0.5) is 10.1 Å². The predicted octanol–water partition coefficient (Wildman–Crippen LogP) is 3.36. The Morgan fingerprint density at radius 3 is 2.24 bits per heavy atom. The highest BCUT2D eigenvalue weighted by atomic mass is 19.1. The lowest BCUT2D eigenvalue weighted by atomic mass is 10.1. The molecule has 0 bridgehead atoms. The van der Waals surface area contributed by atoms with E-state index < -0.39 is 24.3 Å². The Hall–Kier alpha value is -3.55. The smallest absolute Gasteiger partial charge is 0.331 e. The molecular formula is C21H22FNO6. The third-order valence-electron chi connectivity index (χ3n) is 3.90. The monoisotopic (exact) mass is 403 g/mol. The Morgan fingerprint density at radius 1 is 1.03 bits per heavy atom. The van der Waals surface area contributed by atoms with Crippen LogP contribution in [0.3, 0.4) is 0 Å². The summed E-state index contributed by atoms with van der Waals surface area (Å²) in [6, 6.07) is 7.60. The molecule has 0 heterocycles. The quantitative estimate of drug-likeness (QED) is 0.538. The van der Waals surface area contributed by atoms with Gasteiger partial charge >= 0.3 is 5.97 Å². The number of halogens is 1. The van der Waals surface area contributed by atoms with Crippen LogP contribution in [0.15, 0.2) is 36.4 Å². The van der Waals surface area contributed by atoms with Crippen molar-refractivity contribution in [2.45, 2.75) is 6.92 Å². The predicted molar refractivity (Wildman–Crippen MR) is 106 cm³/mol. The van der Waals surface area contributed by atoms with Crippen molar-refractivity contribution in [3.05, 3.63) is 53.4 Å². The number of methoxy groups -OCH3 is 3. The lowest BCUT2D eigenvalue weighted by Gasteiger charge is -2.12. The van der Waals surface area contributed by atoms with Crippen LogP contribution in [0.5, 0.6) is 17.2 Å². The summed E-state index contributed by atoms with van der Waals surface area (Å²) >= 11 is 0. The summed E-state index contributed by atoms with van der Waals surface area (Å²) in [6.45, 7) is 1.11. The van der Waals surface area contributed by atoms with Crippen molar-refractivity contribution in [3.8, 4) is 17.2 Å². The van der Waals surface area contributed by atoms with Gasteiger partial charge in [-0.3, -0.25) is 4.79 Å². The van der Waals surface area contributed by atoms with Gasteiger partial charge in [-0.1, -0.05) is 6.07 Å². The summed E-state index contributed by atoms with van der Waals surface area (Å²) < 4.78 is 34.1. The van der Waals surface area contributed by atoms with Crippen LogP contribution < -0.4 is 19.5 Å². The largest absolute Gasteiger partial charge is 0.493 e. The molecule has 29 heavy (non-hydrogen) atoms. The van der Waals surface area contributed by atoms with E-state index >= 15 is 0 Å². The van der Waals surface area contributed by atoms with E-state index in [1.54, 1.807) is 25.1 Å². The number of aryl methyl sites for hydroxylation is 1. The molecule has 0 aliphatic heterocycles. The number of hydrogen-bond acceptors (Lipinski definition) is 6. The minimum atomic E-state index is -0.719. The highest BCUT2D eigenvalue weighted by Crippen LogP contribution is 2.38. The first kappa shape index (κ1) is 21.7. The zero-order valence-corrected chi connectivity index (χ0v) is 16.6. The highest BCUT2D eigenvalue weighted by molar-refractivity contribution is 5.94. The number of benzene rings is 2. The van der Waals surface area contributed by atoms with Crippen molar-refractivity contribution in [2.24, 2.45) is 0 Å². The van der Waals surface area contributed by atoms with E-state index in [-0.39, 0.29) is 5.69 Å². The Kier molecular flexibility index (Phi) is 7.59. The second-order valence-corrected chi connectivity index (χ2v) is 5.91. The number of hydrogen-bond donors (Lipinski definition) is 1. The van der Waals surface area contributed by atoms with Gasteiger partial charge in [-0.2, -0.15) is 0 Å². The van der Waals surface area contributed by atoms with Gasteiger partial charge in [0.1, 0.15) is 5.82 Å². The first-order valence-corrected chi connectivity index (χ1v) is 8.58. The second-order valence-electron chi connectivity index (χ2n) is 5.91. The van der Waals surface area contributed by atoms with Crippen LogP contribution in [0.25, 0.3) is 6.08 Å². The summed E-state index contributed by atoms with van der Waals surface area (Å²) in [6.07, 6.45) is 2.65. The van der Waals surface area contributed by atoms with Crippen molar-refractivity contribution in [2.75, 3.05) is 33.3 Å². The van der Waals surface area contributed by atoms with Crippen LogP contribution in [0, 0.1) is 12.7 Å². The van der Waals surface area contributed by atoms with Crippen LogP contribution in [-0.4, -0.2) is 39.8 Å². The molecular weight excluding hydrogens is 381 g/mol. The molecule has 7 nitrogen and oxygen atoms in total. The summed E-state index contributed by atoms with van der Waals surface area (Å²) in [5.41, 5.74) is 1.35. The van der Waals surface area contributed by atoms with E-state index in [9.17, 15) is 14.0 Å². The van der Waals surface area contributed by atoms with Crippen molar-refractivity contribution in [3.63, 3.8) is 0 Å². The third-order valence-corrected chi connectivity index (χ3v) is 3.90. The van der Waals surface area contributed by atoms with E-state index in [1.807, 2.05) is 0 Å². The lowest BCUT2D eigenvalue weighted by molar-refractivity contribution is -0.142. The number of ether oxygens (including phenoxy) is 4. The average molecular weight is 403 g/mol. The maximum atomic E-state index is 13.5. The minimum Gasteiger partial charge on any atom is -0.493 e. The summed E-state index contributed by atoms with van der Waals surface area (Å²) in [5.74, 6) is -0.437. The number of anilines is 1. The Labute approximate surface area is 168 Å². The molecule has 0 aliphatic rings. The molecule has 0 atom stereocenters. The SMILES string of the molecule is COc1cc(/C=C/C(=O)OCC(=O)Nc2ccc(C)c(F)c2)cc(OC)c1OC. The molecule has 1 N–H and O–H groups in total. The van der Waals surface area contributed by atoms with E-state index in [0.717, 1.165) is 0 Å². The zero-order valence-electron chi connectivity index (χ0n) is 16.6. The maximum Gasteiger partial charge on any atom is 0.331 e. The number of amides is 1. The van der Waals surface area contributed by atoms with Gasteiger partial charge < -0.3 is 24.3 Å². The Morgan fingerprint density at radius 2 is 1.69 bits per heavy atom. The normalized spacial score (nSPS) is 10.5. The van der Waals surface area contributed by atoms with Gasteiger partial charge in [0, 0.05) is 11.8 Å². The fraction of sp³-hybridized carbons (Fsp3) is 0.238. The molecule has 0 aliphatic carbocycles. The van der Waals surface area contributed by atoms with Gasteiger partial charge in [0.15, 0.2) is 18.1 Å². The van der Waals surface area contributed by atoms with E-state index in [4.69, 9.17) is 18.9 Å². The molecule has 1 amide bonds. The molecule has 0 fully saturated rings. The maximum absolute atomic E-state index is 13.5. The molecule has 2 rings (SSSR count). The highest BCUT2D eigenvalue weighted by Gasteiger charge is 2.12. The molecule has 0 saturated heterocycles. The molecule has 0 spiro atoms. The van der Waals surface area contributed by atoms with Crippen molar-refractivity contribution in [1.29, 1.82) is 0 Å². The molecule has 8 heteroatoms. The van der Waals surface area contributed by atoms with E-state index in [0.29, 0.717) is 28.4 Å². The molecule has 0 saturated carbocycles. The fourth-order valence-electron chi connectivity index (χ4n) is 2.41. The van der Waals surface area contributed by atoms with Gasteiger partial charge in [0.25, 0.3) is 5.91 Å². The third kappa shape index (κ3) is 5.97. The summed E-state index contributed by atoms with van der Waals surface area (Å²) in [5, 5.41) is 2.45. The van der Waals surface area contributed by atoms with E-state index in [1.165, 1.54) is 45.6 Å². The minimum absolute atomic E-state index is 0.280. The van der Waals surface area contributed by atoms with Gasteiger partial charge in [0.2, 0.25) is 5.75 Å². The fourth-order valence-corrected chi connectivity index (χ4v) is 2.41. The van der Waals surface area contributed by atoms with Crippen LogP contribution in [-0.2, 0) is 14.3 Å². The number of carbonyl (C=O) groups excluding carboxylic acids is 2. The van der Waals surface area contributed by atoms with Gasteiger partial charge in [0.05, 0.1) is 21.3 Å². The molecule has 2 aromatic carbocycles. The molecule has 2 aromatic rings. The number of carbonyl (C=O) groups is 2. The molecule has 154 valence electrons. The van der Waals surface area contributed by atoms with Crippen molar-refractivity contribution < 1.29 is 32.9 Å². The van der Waals surface area contributed by atoms with Crippen LogP contribution >= 0.6 is 0 Å². The first-order chi connectivity index (χ1) is 13.9. The van der Waals surface area contributed by atoms with Gasteiger partial charge in [-0.25, -0.2) is 9.18 Å². The average Bonchev–Trinajstić information content (AvgIpc) is 2.72. The molecule has 0 radical (unpaired) electrons. The number of esters is 1. The van der Waals surface area contributed by atoms with Crippen LogP contribution in [0.2, 0.25) is 0 Å². The number of nitrogens with one attached hydrogen (secondary N) is 1. The van der Waals surface area contributed by atoms with Crippen molar-refractivity contribution >= 4 is 23.6 Å². The van der Waals surface area contributed by atoms with Gasteiger partial charge in [-0.15, -0.1) is 0 Å². The van der Waals surface area contributed by atoms with Gasteiger partial charge in [-0.05, 0) is 48.4 Å². The number of rotatable bonds is 8. The Bertz CT molecular complexity index is 900. The van der Waals surface area contributed by atoms with E-state index in [2.05, 4.69) is 5.32 Å². The summed E-state index contributed by atoms with van der Waals surface area (Å²) in [7, 11) is 4.46. The second kappa shape index (κ2) is 10.1. The standard InChI is InChI=1S/C21H22FNO6/c1-13-5-7-15(11-16(13)22)23-19(24)12-29-20(25)8-6-14-9-17(26-2)21(28-4)18(10-14)27-3/h5-11H,12H2,1-4H3,(H,23,24)/b8-6+. The Balaban J connectivity index is 1.95. The van der Waals surface area contributed by atoms with Crippen molar-refractivity contribution in [1.82, 2.24) is 0 Å². The molecule has 0 unspecified atom stereocenters. The topological polar surface area (TPSA) is 83.1 Å². The first-order valence-electron chi connectivity index (χ1n) is 8.58. The zero-order chi connectivity index (χ0) is 21.4. The summed E-state index contributed by atoms with van der Waals surface area (Å²) in [4.78, 5) is 23.7.